The molecule has 0 amide bonds. The number of carboxylic acids is 1. The van der Waals surface area contributed by atoms with E-state index >= 15 is 0 Å². The van der Waals surface area contributed by atoms with Gasteiger partial charge in [-0.2, -0.15) is 4.31 Å². The zero-order valence-electron chi connectivity index (χ0n) is 11.8. The molecule has 1 aliphatic heterocycles. The number of carbonyl (C=O) groups is 1. The lowest BCUT2D eigenvalue weighted by Crippen LogP contribution is -2.44. The first-order valence-electron chi connectivity index (χ1n) is 6.39. The Hall–Kier alpha value is -1.64. The van der Waals surface area contributed by atoms with Gasteiger partial charge in [-0.1, -0.05) is 0 Å². The molecule has 0 radical (unpaired) electrons. The molecule has 1 atom stereocenters. The van der Waals surface area contributed by atoms with E-state index in [0.717, 1.165) is 0 Å². The van der Waals surface area contributed by atoms with Crippen molar-refractivity contribution >= 4 is 16.0 Å². The fourth-order valence-electron chi connectivity index (χ4n) is 2.16. The monoisotopic (exact) mass is 315 g/mol. The largest absolute Gasteiger partial charge is 0.495 e. The van der Waals surface area contributed by atoms with Gasteiger partial charge in [-0.3, -0.25) is 0 Å². The summed E-state index contributed by atoms with van der Waals surface area (Å²) >= 11 is 0. The molecule has 1 aliphatic rings. The molecule has 7 nitrogen and oxygen atoms in total. The van der Waals surface area contributed by atoms with Crippen LogP contribution in [0.3, 0.4) is 0 Å². The summed E-state index contributed by atoms with van der Waals surface area (Å²) in [6, 6.07) is 3.72. The van der Waals surface area contributed by atoms with E-state index in [1.54, 1.807) is 6.92 Å². The lowest BCUT2D eigenvalue weighted by Gasteiger charge is -2.30. The van der Waals surface area contributed by atoms with Crippen LogP contribution < -0.4 is 4.74 Å². The second kappa shape index (κ2) is 6.00. The SMILES string of the molecule is COc1cc(C(=O)O)ccc1S(=O)(=O)N1CCOC(C)C1. The molecule has 8 heteroatoms. The highest BCUT2D eigenvalue weighted by atomic mass is 32.2. The Kier molecular flexibility index (Phi) is 4.50. The van der Waals surface area contributed by atoms with Gasteiger partial charge >= 0.3 is 5.97 Å². The van der Waals surface area contributed by atoms with Crippen LogP contribution in [0.5, 0.6) is 5.75 Å². The molecule has 1 aromatic rings. The van der Waals surface area contributed by atoms with Crippen molar-refractivity contribution in [1.29, 1.82) is 0 Å². The van der Waals surface area contributed by atoms with Gasteiger partial charge in [0.05, 0.1) is 25.4 Å². The standard InChI is InChI=1S/C13H17NO6S/c1-9-8-14(5-6-20-9)21(17,18)12-4-3-10(13(15)16)7-11(12)19-2/h3-4,7,9H,5-6,8H2,1-2H3,(H,15,16). The van der Waals surface area contributed by atoms with Crippen LogP contribution in [0.4, 0.5) is 0 Å². The molecule has 0 aromatic heterocycles. The number of rotatable bonds is 4. The molecular formula is C13H17NO6S. The van der Waals surface area contributed by atoms with E-state index in [1.807, 2.05) is 0 Å². The molecule has 0 saturated carbocycles. The van der Waals surface area contributed by atoms with Crippen molar-refractivity contribution in [2.75, 3.05) is 26.8 Å². The Balaban J connectivity index is 2.42. The first-order chi connectivity index (χ1) is 9.86. The van der Waals surface area contributed by atoms with Crippen molar-refractivity contribution in [3.63, 3.8) is 0 Å². The number of sulfonamides is 1. The molecule has 0 spiro atoms. The molecule has 21 heavy (non-hydrogen) atoms. The lowest BCUT2D eigenvalue weighted by atomic mass is 10.2. The Labute approximate surface area is 123 Å². The summed E-state index contributed by atoms with van der Waals surface area (Å²) in [5.74, 6) is -1.12. The van der Waals surface area contributed by atoms with Crippen LogP contribution in [-0.2, 0) is 14.8 Å². The lowest BCUT2D eigenvalue weighted by molar-refractivity contribution is 0.0101. The van der Waals surface area contributed by atoms with Gasteiger partial charge in [0.15, 0.2) is 0 Å². The summed E-state index contributed by atoms with van der Waals surface area (Å²) in [4.78, 5) is 10.9. The van der Waals surface area contributed by atoms with E-state index in [-0.39, 0.29) is 35.4 Å². The third kappa shape index (κ3) is 3.17. The van der Waals surface area contributed by atoms with Gasteiger partial charge in [0, 0.05) is 13.1 Å². The Morgan fingerprint density at radius 1 is 1.48 bits per heavy atom. The summed E-state index contributed by atoms with van der Waals surface area (Å²) in [5.41, 5.74) is -0.0267. The normalized spacial score (nSPS) is 20.2. The van der Waals surface area contributed by atoms with Crippen molar-refractivity contribution in [3.05, 3.63) is 23.8 Å². The second-order valence-corrected chi connectivity index (χ2v) is 6.62. The first kappa shape index (κ1) is 15.7. The zero-order chi connectivity index (χ0) is 15.6. The van der Waals surface area contributed by atoms with E-state index in [9.17, 15) is 13.2 Å². The molecule has 1 fully saturated rings. The number of hydrogen-bond acceptors (Lipinski definition) is 5. The fraction of sp³-hybridized carbons (Fsp3) is 0.462. The molecule has 1 heterocycles. The summed E-state index contributed by atoms with van der Waals surface area (Å²) in [6.07, 6.45) is -0.183. The van der Waals surface area contributed by atoms with Gasteiger partial charge in [0.2, 0.25) is 10.0 Å². The molecule has 2 rings (SSSR count). The number of ether oxygens (including phenoxy) is 2. The van der Waals surface area contributed by atoms with Crippen LogP contribution in [-0.4, -0.2) is 56.7 Å². The van der Waals surface area contributed by atoms with Crippen LogP contribution in [0.1, 0.15) is 17.3 Å². The van der Waals surface area contributed by atoms with E-state index in [1.165, 1.54) is 29.6 Å². The maximum atomic E-state index is 12.6. The van der Waals surface area contributed by atoms with E-state index < -0.39 is 16.0 Å². The fourth-order valence-corrected chi connectivity index (χ4v) is 3.79. The Bertz CT molecular complexity index is 642. The summed E-state index contributed by atoms with van der Waals surface area (Å²) in [6.45, 7) is 2.64. The minimum Gasteiger partial charge on any atom is -0.495 e. The van der Waals surface area contributed by atoms with Gasteiger partial charge in [-0.15, -0.1) is 0 Å². The first-order valence-corrected chi connectivity index (χ1v) is 7.83. The summed E-state index contributed by atoms with van der Waals surface area (Å²) in [5, 5.41) is 8.95. The molecule has 116 valence electrons. The molecule has 1 unspecified atom stereocenters. The minimum atomic E-state index is -3.74. The van der Waals surface area contributed by atoms with Crippen LogP contribution in [0, 0.1) is 0 Å². The third-order valence-electron chi connectivity index (χ3n) is 3.23. The number of aromatic carboxylic acids is 1. The highest BCUT2D eigenvalue weighted by Crippen LogP contribution is 2.28. The number of morpholine rings is 1. The second-order valence-electron chi connectivity index (χ2n) is 4.72. The van der Waals surface area contributed by atoms with Crippen LogP contribution in [0.2, 0.25) is 0 Å². The Morgan fingerprint density at radius 3 is 2.76 bits per heavy atom. The van der Waals surface area contributed by atoms with Gasteiger partial charge in [-0.05, 0) is 25.1 Å². The number of methoxy groups -OCH3 is 1. The quantitative estimate of drug-likeness (QED) is 0.883. The predicted molar refractivity (Wildman–Crippen MR) is 74.1 cm³/mol. The molecule has 1 aromatic carbocycles. The topological polar surface area (TPSA) is 93.1 Å². The van der Waals surface area contributed by atoms with Crippen LogP contribution >= 0.6 is 0 Å². The van der Waals surface area contributed by atoms with E-state index in [0.29, 0.717) is 6.61 Å². The number of carboxylic acid groups (broad SMARTS) is 1. The zero-order valence-corrected chi connectivity index (χ0v) is 12.6. The highest BCUT2D eigenvalue weighted by Gasteiger charge is 2.31. The number of nitrogens with zero attached hydrogens (tertiary/aromatic N) is 1. The third-order valence-corrected chi connectivity index (χ3v) is 5.14. The summed E-state index contributed by atoms with van der Waals surface area (Å²) < 4.78 is 37.0. The molecule has 0 bridgehead atoms. The average Bonchev–Trinajstić information content (AvgIpc) is 2.46. The molecular weight excluding hydrogens is 298 g/mol. The van der Waals surface area contributed by atoms with Gasteiger partial charge in [-0.25, -0.2) is 13.2 Å². The van der Waals surface area contributed by atoms with Crippen LogP contribution in [0.25, 0.3) is 0 Å². The van der Waals surface area contributed by atoms with Gasteiger partial charge in [0.1, 0.15) is 10.6 Å². The minimum absolute atomic E-state index is 0.0223. The maximum absolute atomic E-state index is 12.6. The smallest absolute Gasteiger partial charge is 0.335 e. The summed E-state index contributed by atoms with van der Waals surface area (Å²) in [7, 11) is -2.44. The van der Waals surface area contributed by atoms with Crippen molar-refractivity contribution in [3.8, 4) is 5.75 Å². The van der Waals surface area contributed by atoms with E-state index in [4.69, 9.17) is 14.6 Å². The number of benzene rings is 1. The number of hydrogen-bond donors (Lipinski definition) is 1. The van der Waals surface area contributed by atoms with Crippen LogP contribution in [0.15, 0.2) is 23.1 Å². The van der Waals surface area contributed by atoms with Crippen molar-refractivity contribution < 1.29 is 27.8 Å². The van der Waals surface area contributed by atoms with Crippen molar-refractivity contribution in [1.82, 2.24) is 4.31 Å². The Morgan fingerprint density at radius 2 is 2.19 bits per heavy atom. The highest BCUT2D eigenvalue weighted by molar-refractivity contribution is 7.89. The maximum Gasteiger partial charge on any atom is 0.335 e. The van der Waals surface area contributed by atoms with E-state index in [2.05, 4.69) is 0 Å². The van der Waals surface area contributed by atoms with Gasteiger partial charge in [0.25, 0.3) is 0 Å². The van der Waals surface area contributed by atoms with Gasteiger partial charge < -0.3 is 14.6 Å². The van der Waals surface area contributed by atoms with Crippen molar-refractivity contribution in [2.45, 2.75) is 17.9 Å². The molecule has 0 aliphatic carbocycles. The molecule has 1 N–H and O–H groups in total. The van der Waals surface area contributed by atoms with Crippen molar-refractivity contribution in [2.24, 2.45) is 0 Å². The molecule has 1 saturated heterocycles. The average molecular weight is 315 g/mol. The predicted octanol–water partition coefficient (Wildman–Crippen LogP) is 0.803.